The van der Waals surface area contributed by atoms with Gasteiger partial charge in [-0.1, -0.05) is 42.5 Å². The molecule has 0 saturated carbocycles. The van der Waals surface area contributed by atoms with Gasteiger partial charge in [0.2, 0.25) is 0 Å². The highest BCUT2D eigenvalue weighted by Crippen LogP contribution is 2.17. The number of para-hydroxylation sites is 1. The Morgan fingerprint density at radius 3 is 2.40 bits per heavy atom. The van der Waals surface area contributed by atoms with Gasteiger partial charge in [0.1, 0.15) is 0 Å². The van der Waals surface area contributed by atoms with Crippen molar-refractivity contribution >= 4 is 28.2 Å². The normalized spacial score (nSPS) is 10.6. The van der Waals surface area contributed by atoms with Crippen LogP contribution in [0.2, 0.25) is 0 Å². The van der Waals surface area contributed by atoms with Crippen LogP contribution in [0.25, 0.3) is 22.3 Å². The number of thiocarbonyl (C=S) groups is 1. The van der Waals surface area contributed by atoms with E-state index in [1.807, 2.05) is 67.3 Å². The van der Waals surface area contributed by atoms with Crippen LogP contribution in [-0.4, -0.2) is 32.8 Å². The quantitative estimate of drug-likeness (QED) is 0.731. The van der Waals surface area contributed by atoms with E-state index in [0.29, 0.717) is 21.8 Å². The SMILES string of the molecule is CCN(CC)C(=S)Nn1c(-c2ccccc2)nc2ccccc2c1=O. The van der Waals surface area contributed by atoms with Crippen LogP contribution in [0.5, 0.6) is 0 Å². The Hall–Kier alpha value is -2.73. The Morgan fingerprint density at radius 2 is 1.72 bits per heavy atom. The molecule has 0 spiro atoms. The summed E-state index contributed by atoms with van der Waals surface area (Å²) in [6.45, 7) is 5.57. The molecule has 1 N–H and O–H groups in total. The fraction of sp³-hybridized carbons (Fsp3) is 0.211. The van der Waals surface area contributed by atoms with Crippen LogP contribution in [0.15, 0.2) is 59.4 Å². The van der Waals surface area contributed by atoms with Gasteiger partial charge in [-0.2, -0.15) is 4.68 Å². The van der Waals surface area contributed by atoms with Crippen molar-refractivity contribution in [3.8, 4) is 11.4 Å². The number of hydrogen-bond donors (Lipinski definition) is 1. The standard InChI is InChI=1S/C19H20N4OS/c1-3-22(4-2)19(25)21-23-17(14-10-6-5-7-11-14)20-16-13-9-8-12-15(16)18(23)24/h5-13H,3-4H2,1-2H3,(H,21,25). The Bertz CT molecular complexity index is 949. The van der Waals surface area contributed by atoms with Crippen LogP contribution in [0.4, 0.5) is 0 Å². The molecular formula is C19H20N4OS. The van der Waals surface area contributed by atoms with Gasteiger partial charge in [0.25, 0.3) is 5.56 Å². The first-order chi connectivity index (χ1) is 12.2. The van der Waals surface area contributed by atoms with E-state index in [0.717, 1.165) is 18.7 Å². The molecule has 2 aromatic carbocycles. The van der Waals surface area contributed by atoms with E-state index < -0.39 is 0 Å². The van der Waals surface area contributed by atoms with Crippen molar-refractivity contribution in [3.05, 3.63) is 65.0 Å². The lowest BCUT2D eigenvalue weighted by Crippen LogP contribution is -2.42. The Labute approximate surface area is 151 Å². The maximum atomic E-state index is 13.0. The molecule has 6 heteroatoms. The smallest absolute Gasteiger partial charge is 0.280 e. The second-order valence-corrected chi connectivity index (χ2v) is 5.94. The van der Waals surface area contributed by atoms with Crippen LogP contribution < -0.4 is 11.0 Å². The van der Waals surface area contributed by atoms with Crippen LogP contribution in [0.1, 0.15) is 13.8 Å². The van der Waals surface area contributed by atoms with Gasteiger partial charge in [-0.05, 0) is 38.2 Å². The maximum Gasteiger partial charge on any atom is 0.280 e. The number of nitrogens with one attached hydrogen (secondary N) is 1. The minimum absolute atomic E-state index is 0.168. The molecular weight excluding hydrogens is 332 g/mol. The van der Waals surface area contributed by atoms with Crippen LogP contribution >= 0.6 is 12.2 Å². The summed E-state index contributed by atoms with van der Waals surface area (Å²) in [7, 11) is 0. The minimum Gasteiger partial charge on any atom is -0.348 e. The zero-order chi connectivity index (χ0) is 17.8. The van der Waals surface area contributed by atoms with Crippen molar-refractivity contribution in [2.24, 2.45) is 0 Å². The maximum absolute atomic E-state index is 13.0. The van der Waals surface area contributed by atoms with Crippen molar-refractivity contribution in [1.29, 1.82) is 0 Å². The monoisotopic (exact) mass is 352 g/mol. The minimum atomic E-state index is -0.168. The molecule has 1 heterocycles. The molecule has 0 bridgehead atoms. The highest BCUT2D eigenvalue weighted by molar-refractivity contribution is 7.80. The summed E-state index contributed by atoms with van der Waals surface area (Å²) < 4.78 is 1.44. The summed E-state index contributed by atoms with van der Waals surface area (Å²) in [5.41, 5.74) is 4.42. The molecule has 0 aliphatic rings. The first kappa shape index (κ1) is 17.1. The molecule has 0 amide bonds. The van der Waals surface area contributed by atoms with E-state index >= 15 is 0 Å². The first-order valence-corrected chi connectivity index (χ1v) is 8.69. The lowest BCUT2D eigenvalue weighted by Gasteiger charge is -2.24. The summed E-state index contributed by atoms with van der Waals surface area (Å²) in [6, 6.07) is 17.0. The van der Waals surface area contributed by atoms with Gasteiger partial charge < -0.3 is 4.90 Å². The molecule has 0 fully saturated rings. The molecule has 3 rings (SSSR count). The van der Waals surface area contributed by atoms with Crippen molar-refractivity contribution in [2.75, 3.05) is 18.5 Å². The van der Waals surface area contributed by atoms with Crippen molar-refractivity contribution in [2.45, 2.75) is 13.8 Å². The summed E-state index contributed by atoms with van der Waals surface area (Å²) in [4.78, 5) is 19.7. The van der Waals surface area contributed by atoms with E-state index in [1.54, 1.807) is 6.07 Å². The van der Waals surface area contributed by atoms with Crippen molar-refractivity contribution in [1.82, 2.24) is 14.6 Å². The van der Waals surface area contributed by atoms with Gasteiger partial charge in [-0.15, -0.1) is 0 Å². The van der Waals surface area contributed by atoms with Gasteiger partial charge in [-0.3, -0.25) is 10.2 Å². The highest BCUT2D eigenvalue weighted by atomic mass is 32.1. The number of benzene rings is 2. The van der Waals surface area contributed by atoms with Crippen LogP contribution in [0.3, 0.4) is 0 Å². The van der Waals surface area contributed by atoms with E-state index in [-0.39, 0.29) is 5.56 Å². The van der Waals surface area contributed by atoms with Gasteiger partial charge >= 0.3 is 0 Å². The van der Waals surface area contributed by atoms with Gasteiger partial charge in [0, 0.05) is 18.7 Å². The second kappa shape index (κ2) is 7.44. The second-order valence-electron chi connectivity index (χ2n) is 5.55. The third kappa shape index (κ3) is 3.39. The van der Waals surface area contributed by atoms with Crippen LogP contribution in [0, 0.1) is 0 Å². The van der Waals surface area contributed by atoms with Crippen molar-refractivity contribution in [3.63, 3.8) is 0 Å². The predicted molar refractivity (Wildman–Crippen MR) is 106 cm³/mol. The fourth-order valence-electron chi connectivity index (χ4n) is 2.69. The molecule has 0 unspecified atom stereocenters. The third-order valence-electron chi connectivity index (χ3n) is 4.07. The average Bonchev–Trinajstić information content (AvgIpc) is 2.65. The van der Waals surface area contributed by atoms with E-state index in [1.165, 1.54) is 4.68 Å². The Morgan fingerprint density at radius 1 is 1.08 bits per heavy atom. The molecule has 0 atom stereocenters. The van der Waals surface area contributed by atoms with E-state index in [2.05, 4.69) is 5.43 Å². The van der Waals surface area contributed by atoms with E-state index in [9.17, 15) is 4.79 Å². The third-order valence-corrected chi connectivity index (χ3v) is 4.42. The summed E-state index contributed by atoms with van der Waals surface area (Å²) in [5, 5.41) is 1.05. The number of rotatable bonds is 4. The molecule has 5 nitrogen and oxygen atoms in total. The zero-order valence-corrected chi connectivity index (χ0v) is 15.1. The molecule has 0 aliphatic heterocycles. The van der Waals surface area contributed by atoms with E-state index in [4.69, 9.17) is 17.2 Å². The molecule has 25 heavy (non-hydrogen) atoms. The Balaban J connectivity index is 2.19. The lowest BCUT2D eigenvalue weighted by molar-refractivity contribution is 0.468. The highest BCUT2D eigenvalue weighted by Gasteiger charge is 2.15. The molecule has 3 aromatic rings. The van der Waals surface area contributed by atoms with Gasteiger partial charge in [0.05, 0.1) is 10.9 Å². The summed E-state index contributed by atoms with van der Waals surface area (Å²) >= 11 is 5.48. The zero-order valence-electron chi connectivity index (χ0n) is 14.3. The lowest BCUT2D eigenvalue weighted by atomic mass is 10.2. The van der Waals surface area contributed by atoms with Crippen LogP contribution in [-0.2, 0) is 0 Å². The number of nitrogens with zero attached hydrogens (tertiary/aromatic N) is 3. The molecule has 128 valence electrons. The van der Waals surface area contributed by atoms with Crippen molar-refractivity contribution < 1.29 is 0 Å². The molecule has 1 aromatic heterocycles. The Kier molecular flexibility index (Phi) is 5.09. The number of aromatic nitrogens is 2. The van der Waals surface area contributed by atoms with Gasteiger partial charge in [0.15, 0.2) is 10.9 Å². The largest absolute Gasteiger partial charge is 0.348 e. The predicted octanol–water partition coefficient (Wildman–Crippen LogP) is 3.23. The average molecular weight is 352 g/mol. The molecule has 0 aliphatic carbocycles. The fourth-order valence-corrected chi connectivity index (χ4v) is 3.04. The van der Waals surface area contributed by atoms with Gasteiger partial charge in [-0.25, -0.2) is 4.98 Å². The topological polar surface area (TPSA) is 50.2 Å². The number of fused-ring (bicyclic) bond motifs is 1. The summed E-state index contributed by atoms with van der Waals surface area (Å²) in [5.74, 6) is 0.541. The summed E-state index contributed by atoms with van der Waals surface area (Å²) in [6.07, 6.45) is 0. The first-order valence-electron chi connectivity index (χ1n) is 8.28. The molecule has 0 saturated heterocycles. The number of hydrogen-bond acceptors (Lipinski definition) is 3. The molecule has 0 radical (unpaired) electrons.